The first-order valence-corrected chi connectivity index (χ1v) is 8.75. The fraction of sp³-hybridized carbons (Fsp3) is 1.00. The largest absolute Gasteiger partial charge is 0.377 e. The van der Waals surface area contributed by atoms with E-state index in [0.717, 1.165) is 37.5 Å². The topological polar surface area (TPSA) is 24.5 Å². The molecule has 3 aliphatic rings. The Labute approximate surface area is 124 Å². The fourth-order valence-corrected chi connectivity index (χ4v) is 4.56. The molecule has 3 rings (SSSR count). The lowest BCUT2D eigenvalue weighted by molar-refractivity contribution is 0.107. The molecule has 1 saturated heterocycles. The first kappa shape index (κ1) is 14.8. The molecule has 1 heterocycles. The average molecular weight is 280 g/mol. The summed E-state index contributed by atoms with van der Waals surface area (Å²) in [5.74, 6) is 3.11. The third-order valence-electron chi connectivity index (χ3n) is 6.00. The summed E-state index contributed by atoms with van der Waals surface area (Å²) < 4.78 is 5.66. The summed E-state index contributed by atoms with van der Waals surface area (Å²) in [6.07, 6.45) is 9.01. The van der Waals surface area contributed by atoms with Crippen molar-refractivity contribution >= 4 is 0 Å². The predicted molar refractivity (Wildman–Crippen MR) is 82.9 cm³/mol. The van der Waals surface area contributed by atoms with Crippen molar-refractivity contribution in [2.45, 2.75) is 57.6 Å². The molecule has 0 spiro atoms. The molecule has 20 heavy (non-hydrogen) atoms. The second-order valence-corrected chi connectivity index (χ2v) is 7.52. The van der Waals surface area contributed by atoms with Crippen molar-refractivity contribution in [3.05, 3.63) is 0 Å². The first-order chi connectivity index (χ1) is 9.72. The van der Waals surface area contributed by atoms with Crippen LogP contribution < -0.4 is 5.32 Å². The molecule has 1 N–H and O–H groups in total. The SMILES string of the molecule is CC(CNCC1CCCO1)N(C)CC1CC2CCC1C2. The molecule has 0 amide bonds. The smallest absolute Gasteiger partial charge is 0.0700 e. The van der Waals surface area contributed by atoms with Crippen molar-refractivity contribution in [2.75, 3.05) is 33.3 Å². The second-order valence-electron chi connectivity index (χ2n) is 7.52. The van der Waals surface area contributed by atoms with Gasteiger partial charge in [-0.2, -0.15) is 0 Å². The summed E-state index contributed by atoms with van der Waals surface area (Å²) in [5.41, 5.74) is 0. The van der Waals surface area contributed by atoms with Crippen LogP contribution in [-0.2, 0) is 4.74 Å². The Morgan fingerprint density at radius 1 is 1.25 bits per heavy atom. The fourth-order valence-electron chi connectivity index (χ4n) is 4.56. The zero-order valence-corrected chi connectivity index (χ0v) is 13.3. The van der Waals surface area contributed by atoms with Crippen LogP contribution in [0.25, 0.3) is 0 Å². The molecule has 2 saturated carbocycles. The number of ether oxygens (including phenoxy) is 1. The van der Waals surface area contributed by atoms with Crippen molar-refractivity contribution in [3.8, 4) is 0 Å². The molecule has 2 aliphatic carbocycles. The zero-order chi connectivity index (χ0) is 13.9. The summed E-state index contributed by atoms with van der Waals surface area (Å²) in [6, 6.07) is 0.635. The molecule has 3 nitrogen and oxygen atoms in total. The van der Waals surface area contributed by atoms with Crippen LogP contribution in [0.15, 0.2) is 0 Å². The molecule has 5 unspecified atom stereocenters. The van der Waals surface area contributed by atoms with E-state index in [2.05, 4.69) is 24.2 Å². The van der Waals surface area contributed by atoms with E-state index >= 15 is 0 Å². The Hall–Kier alpha value is -0.120. The maximum Gasteiger partial charge on any atom is 0.0700 e. The first-order valence-electron chi connectivity index (χ1n) is 8.75. The van der Waals surface area contributed by atoms with Gasteiger partial charge in [-0.25, -0.2) is 0 Å². The highest BCUT2D eigenvalue weighted by atomic mass is 16.5. The Morgan fingerprint density at radius 2 is 2.15 bits per heavy atom. The van der Waals surface area contributed by atoms with Gasteiger partial charge in [0.05, 0.1) is 6.10 Å². The van der Waals surface area contributed by atoms with Gasteiger partial charge in [-0.1, -0.05) is 6.42 Å². The van der Waals surface area contributed by atoms with Gasteiger partial charge in [-0.15, -0.1) is 0 Å². The van der Waals surface area contributed by atoms with E-state index < -0.39 is 0 Å². The molecule has 3 heteroatoms. The number of hydrogen-bond donors (Lipinski definition) is 1. The van der Waals surface area contributed by atoms with Crippen LogP contribution >= 0.6 is 0 Å². The van der Waals surface area contributed by atoms with Crippen LogP contribution in [0.5, 0.6) is 0 Å². The van der Waals surface area contributed by atoms with E-state index in [0.29, 0.717) is 12.1 Å². The van der Waals surface area contributed by atoms with Crippen molar-refractivity contribution in [2.24, 2.45) is 17.8 Å². The van der Waals surface area contributed by atoms with Gasteiger partial charge in [-0.3, -0.25) is 0 Å². The van der Waals surface area contributed by atoms with Crippen LogP contribution in [0, 0.1) is 17.8 Å². The predicted octanol–water partition coefficient (Wildman–Crippen LogP) is 2.51. The third-order valence-corrected chi connectivity index (χ3v) is 6.00. The third kappa shape index (κ3) is 3.55. The van der Waals surface area contributed by atoms with Crippen molar-refractivity contribution in [1.29, 1.82) is 0 Å². The van der Waals surface area contributed by atoms with Gasteiger partial charge in [0, 0.05) is 32.3 Å². The minimum Gasteiger partial charge on any atom is -0.377 e. The van der Waals surface area contributed by atoms with Crippen LogP contribution in [0.1, 0.15) is 45.4 Å². The van der Waals surface area contributed by atoms with Crippen LogP contribution in [0.2, 0.25) is 0 Å². The molecule has 0 aromatic rings. The molecule has 0 aromatic heterocycles. The van der Waals surface area contributed by atoms with Crippen LogP contribution in [0.3, 0.4) is 0 Å². The van der Waals surface area contributed by atoms with E-state index in [9.17, 15) is 0 Å². The van der Waals surface area contributed by atoms with Gasteiger partial charge in [0.25, 0.3) is 0 Å². The normalized spacial score (nSPS) is 38.0. The molecule has 3 fully saturated rings. The quantitative estimate of drug-likeness (QED) is 0.775. The monoisotopic (exact) mass is 280 g/mol. The summed E-state index contributed by atoms with van der Waals surface area (Å²) in [4.78, 5) is 2.58. The van der Waals surface area contributed by atoms with E-state index in [4.69, 9.17) is 4.74 Å². The van der Waals surface area contributed by atoms with Gasteiger partial charge in [-0.05, 0) is 63.8 Å². The standard InChI is InChI=1S/C17H32N2O/c1-13(10-18-11-17-4-3-7-20-17)19(2)12-16-9-14-5-6-15(16)8-14/h13-18H,3-12H2,1-2H3. The van der Waals surface area contributed by atoms with E-state index in [1.807, 2.05) is 0 Å². The molecule has 2 bridgehead atoms. The Bertz CT molecular complexity index is 303. The summed E-state index contributed by atoms with van der Waals surface area (Å²) in [7, 11) is 2.31. The summed E-state index contributed by atoms with van der Waals surface area (Å²) >= 11 is 0. The van der Waals surface area contributed by atoms with Crippen molar-refractivity contribution < 1.29 is 4.74 Å². The highest BCUT2D eigenvalue weighted by Gasteiger charge is 2.39. The molecular formula is C17H32N2O. The molecule has 116 valence electrons. The van der Waals surface area contributed by atoms with Crippen LogP contribution in [-0.4, -0.2) is 50.3 Å². The summed E-state index contributed by atoms with van der Waals surface area (Å²) in [5, 5.41) is 3.60. The lowest BCUT2D eigenvalue weighted by atomic mass is 9.88. The number of likely N-dealkylation sites (N-methyl/N-ethyl adjacent to an activating group) is 1. The highest BCUT2D eigenvalue weighted by Crippen LogP contribution is 2.48. The highest BCUT2D eigenvalue weighted by molar-refractivity contribution is 4.91. The van der Waals surface area contributed by atoms with Crippen LogP contribution in [0.4, 0.5) is 0 Å². The molecule has 1 aliphatic heterocycles. The lowest BCUT2D eigenvalue weighted by Gasteiger charge is -2.31. The number of nitrogens with zero attached hydrogens (tertiary/aromatic N) is 1. The van der Waals surface area contributed by atoms with Gasteiger partial charge in [0.1, 0.15) is 0 Å². The molecule has 5 atom stereocenters. The lowest BCUT2D eigenvalue weighted by Crippen LogP contribution is -2.42. The Kier molecular flexibility index (Phi) is 5.00. The Morgan fingerprint density at radius 3 is 2.80 bits per heavy atom. The maximum absolute atomic E-state index is 5.66. The number of fused-ring (bicyclic) bond motifs is 2. The minimum atomic E-state index is 0.470. The van der Waals surface area contributed by atoms with E-state index in [-0.39, 0.29) is 0 Å². The molecule has 0 radical (unpaired) electrons. The maximum atomic E-state index is 5.66. The average Bonchev–Trinajstić information content (AvgIpc) is 3.15. The van der Waals surface area contributed by atoms with Crippen molar-refractivity contribution in [1.82, 2.24) is 10.2 Å². The van der Waals surface area contributed by atoms with Gasteiger partial charge >= 0.3 is 0 Å². The Balaban J connectivity index is 1.33. The molecular weight excluding hydrogens is 248 g/mol. The molecule has 0 aromatic carbocycles. The van der Waals surface area contributed by atoms with E-state index in [1.165, 1.54) is 45.1 Å². The van der Waals surface area contributed by atoms with Gasteiger partial charge < -0.3 is 15.0 Å². The number of nitrogens with one attached hydrogen (secondary N) is 1. The summed E-state index contributed by atoms with van der Waals surface area (Å²) in [6.45, 7) is 6.76. The minimum absolute atomic E-state index is 0.470. The number of hydrogen-bond acceptors (Lipinski definition) is 3. The van der Waals surface area contributed by atoms with E-state index in [1.54, 1.807) is 0 Å². The van der Waals surface area contributed by atoms with Gasteiger partial charge in [0.2, 0.25) is 0 Å². The van der Waals surface area contributed by atoms with Gasteiger partial charge in [0.15, 0.2) is 0 Å². The zero-order valence-electron chi connectivity index (χ0n) is 13.3. The number of rotatable bonds is 7. The second kappa shape index (κ2) is 6.76. The van der Waals surface area contributed by atoms with Crippen molar-refractivity contribution in [3.63, 3.8) is 0 Å².